The minimum Gasteiger partial charge on any atom is -1.00 e. The molecule has 0 bridgehead atoms. The third-order valence-electron chi connectivity index (χ3n) is 0. The van der Waals surface area contributed by atoms with Crippen LogP contribution in [0.5, 0.6) is 0 Å². The molecule has 0 radical (unpaired) electrons. The van der Waals surface area contributed by atoms with E-state index in [1.165, 1.54) is 0 Å². The van der Waals surface area contributed by atoms with E-state index in [1.807, 2.05) is 0 Å². The fourth-order valence-corrected chi connectivity index (χ4v) is 0. The fraction of sp³-hybridized carbons (Fsp3) is 0. The maximum Gasteiger partial charge on any atom is 2.00 e. The summed E-state index contributed by atoms with van der Waals surface area (Å²) in [7, 11) is -1.17. The second kappa shape index (κ2) is 8.85. The van der Waals surface area contributed by atoms with E-state index < -0.39 is 8.69 Å². The van der Waals surface area contributed by atoms with Gasteiger partial charge in [0.1, 0.15) is 0 Å². The molecule has 0 aromatic rings. The molecule has 2 nitrogen and oxygen atoms in total. The molecular weight excluding hydrogens is 103 g/mol. The van der Waals surface area contributed by atoms with Crippen LogP contribution < -0.4 is 0 Å². The zero-order chi connectivity index (χ0) is 2.71. The summed E-state index contributed by atoms with van der Waals surface area (Å²) in [6, 6.07) is 0. The van der Waals surface area contributed by atoms with Gasteiger partial charge >= 0.3 is 46.4 Å². The van der Waals surface area contributed by atoms with Gasteiger partial charge in [-0.1, -0.05) is 0 Å². The maximum absolute atomic E-state index is 8.51. The third-order valence-corrected chi connectivity index (χ3v) is 0. The second-order valence-corrected chi connectivity index (χ2v) is 0.274. The Bertz CT molecular complexity index is 19.0. The molecule has 4 heteroatoms. The van der Waals surface area contributed by atoms with E-state index in [2.05, 4.69) is 0 Å². The minimum absolute atomic E-state index is 0. The molecule has 0 fully saturated rings. The van der Waals surface area contributed by atoms with Crippen LogP contribution in [0.15, 0.2) is 0 Å². The van der Waals surface area contributed by atoms with Gasteiger partial charge in [-0.15, -0.1) is 0 Å². The molecule has 0 saturated carbocycles. The first-order valence-corrected chi connectivity index (χ1v) is 1.28. The summed E-state index contributed by atoms with van der Waals surface area (Å²) < 4.78 is 8.51. The van der Waals surface area contributed by atoms with Gasteiger partial charge in [0.05, 0.1) is 0 Å². The first kappa shape index (κ1) is 9.01. The van der Waals surface area contributed by atoms with Crippen molar-refractivity contribution in [3.8, 4) is 0 Å². The predicted molar refractivity (Wildman–Crippen MR) is 19.2 cm³/mol. The van der Waals surface area contributed by atoms with Crippen molar-refractivity contribution in [1.82, 2.24) is 0 Å². The normalized spacial score (nSPS) is 5.25. The zero-order valence-electron chi connectivity index (χ0n) is 4.06. The van der Waals surface area contributed by atoms with Crippen molar-refractivity contribution in [1.29, 1.82) is 0 Å². The van der Waals surface area contributed by atoms with E-state index in [0.717, 1.165) is 0 Å². The summed E-state index contributed by atoms with van der Waals surface area (Å²) in [6.07, 6.45) is 0. The van der Waals surface area contributed by atoms with Gasteiger partial charge in [-0.05, 0) is 4.57 Å². The molecule has 1 N–H and O–H groups in total. The number of hydrogen-bond acceptors (Lipinski definition) is 1. The summed E-state index contributed by atoms with van der Waals surface area (Å²) >= 11 is 0. The maximum atomic E-state index is 8.51. The van der Waals surface area contributed by atoms with Gasteiger partial charge in [0.2, 0.25) is 0 Å². The van der Waals surface area contributed by atoms with Gasteiger partial charge in [0, 0.05) is 0 Å². The van der Waals surface area contributed by atoms with Crippen molar-refractivity contribution in [3.05, 3.63) is 0 Å². The van der Waals surface area contributed by atoms with Gasteiger partial charge in [-0.25, -0.2) is 0 Å². The van der Waals surface area contributed by atoms with Crippen molar-refractivity contribution in [2.24, 2.45) is 0 Å². The largest absolute Gasteiger partial charge is 2.00 e. The van der Waals surface area contributed by atoms with E-state index in [0.29, 0.717) is 0 Å². The van der Waals surface area contributed by atoms with Crippen molar-refractivity contribution in [2.75, 3.05) is 0 Å². The Morgan fingerprint density at radius 2 is 2.00 bits per heavy atom. The quantitative estimate of drug-likeness (QED) is 0.342. The van der Waals surface area contributed by atoms with Crippen LogP contribution in [-0.4, -0.2) is 42.6 Å². The van der Waals surface area contributed by atoms with Gasteiger partial charge in [-0.3, -0.25) is 0 Å². The summed E-state index contributed by atoms with van der Waals surface area (Å²) in [4.78, 5) is 7.04. The van der Waals surface area contributed by atoms with Crippen molar-refractivity contribution in [2.45, 2.75) is 0 Å². The summed E-state index contributed by atoms with van der Waals surface area (Å²) in [5.74, 6) is 0. The van der Waals surface area contributed by atoms with Crippen LogP contribution in [0, 0.1) is 0 Å². The molecule has 0 heterocycles. The van der Waals surface area contributed by atoms with Gasteiger partial charge in [0.15, 0.2) is 0 Å². The zero-order valence-corrected chi connectivity index (χ0v) is 5.27. The molecular formula is H4CaO2P+. The van der Waals surface area contributed by atoms with Gasteiger partial charge in [0.25, 0.3) is 0 Å². The van der Waals surface area contributed by atoms with Gasteiger partial charge < -0.3 is 2.85 Å². The molecule has 22 valence electrons. The summed E-state index contributed by atoms with van der Waals surface area (Å²) in [5, 5.41) is 0. The Balaban J connectivity index is -0.00000000667. The molecule has 1 atom stereocenters. The molecule has 0 aliphatic rings. The van der Waals surface area contributed by atoms with Crippen LogP contribution in [0.25, 0.3) is 0 Å². The Labute approximate surface area is 58.5 Å². The average molecular weight is 107 g/mol. The molecule has 0 aliphatic carbocycles. The van der Waals surface area contributed by atoms with E-state index in [1.54, 1.807) is 0 Å². The summed E-state index contributed by atoms with van der Waals surface area (Å²) in [5.41, 5.74) is 0. The fourth-order valence-electron chi connectivity index (χ4n) is 0. The first-order valence-electron chi connectivity index (χ1n) is 0.428. The molecule has 0 spiro atoms. The Hall–Kier alpha value is 1.32. The SMILES string of the molecule is O=[PH+]O.[Ca+2].[H-].[H-]. The Morgan fingerprint density at radius 3 is 2.00 bits per heavy atom. The molecule has 4 heavy (non-hydrogen) atoms. The van der Waals surface area contributed by atoms with Crippen LogP contribution in [0.3, 0.4) is 0 Å². The molecule has 1 unspecified atom stereocenters. The molecule has 0 aromatic heterocycles. The van der Waals surface area contributed by atoms with E-state index in [-0.39, 0.29) is 40.6 Å². The van der Waals surface area contributed by atoms with E-state index in [4.69, 9.17) is 9.46 Å². The van der Waals surface area contributed by atoms with E-state index in [9.17, 15) is 0 Å². The molecule has 0 amide bonds. The van der Waals surface area contributed by atoms with Crippen LogP contribution in [0.1, 0.15) is 2.85 Å². The van der Waals surface area contributed by atoms with Crippen molar-refractivity contribution >= 4 is 46.4 Å². The second-order valence-electron chi connectivity index (χ2n) is 0.0913. The number of rotatable bonds is 0. The van der Waals surface area contributed by atoms with Crippen molar-refractivity contribution in [3.63, 3.8) is 0 Å². The van der Waals surface area contributed by atoms with E-state index >= 15 is 0 Å². The van der Waals surface area contributed by atoms with Crippen LogP contribution in [0.2, 0.25) is 0 Å². The van der Waals surface area contributed by atoms with Crippen LogP contribution in [0.4, 0.5) is 0 Å². The summed E-state index contributed by atoms with van der Waals surface area (Å²) in [6.45, 7) is 0. The topological polar surface area (TPSA) is 37.3 Å². The average Bonchev–Trinajstić information content (AvgIpc) is 0.918. The third kappa shape index (κ3) is 10.3. The molecule has 0 saturated heterocycles. The molecule has 0 aliphatic heterocycles. The monoisotopic (exact) mass is 107 g/mol. The minimum atomic E-state index is -1.17. The van der Waals surface area contributed by atoms with Crippen LogP contribution >= 0.6 is 8.69 Å². The molecule has 0 aromatic carbocycles. The van der Waals surface area contributed by atoms with Crippen LogP contribution in [-0.2, 0) is 4.57 Å². The Morgan fingerprint density at radius 1 is 2.00 bits per heavy atom. The standard InChI is InChI=1S/Ca.HO2P.2H/c;1-3-2;;/h;3H;;/q+2;;2*-1/p+1. The van der Waals surface area contributed by atoms with Crippen molar-refractivity contribution < 1.29 is 12.3 Å². The van der Waals surface area contributed by atoms with Gasteiger partial charge in [-0.2, -0.15) is 4.89 Å². The Kier molecular flexibility index (Phi) is 19.9. The smallest absolute Gasteiger partial charge is 1.00 e. The first-order chi connectivity index (χ1) is 1.41. The predicted octanol–water partition coefficient (Wildman–Crippen LogP) is -0.238. The molecule has 0 rings (SSSR count). The number of hydrogen-bond donors (Lipinski definition) is 1.